The number of fused-ring (bicyclic) bond motifs is 1. The molecular weight excluding hydrogens is 431 g/mol. The zero-order valence-corrected chi connectivity index (χ0v) is 18.2. The van der Waals surface area contributed by atoms with Crippen molar-refractivity contribution in [2.24, 2.45) is 5.92 Å². The molecule has 3 aromatic carbocycles. The number of aryl methyl sites for hydroxylation is 2. The molecule has 5 rings (SSSR count). The molecule has 0 saturated carbocycles. The Balaban J connectivity index is 1.64. The first kappa shape index (κ1) is 20.7. The highest BCUT2D eigenvalue weighted by Gasteiger charge is 2.61. The SMILES string of the molecule is Cc1ccc(N2C(=O)[C@@H]3[C@@H](ON(c4ccccc4)[C@H]3c3c(F)cccc3Cl)C2=O)c(C)c1. The lowest BCUT2D eigenvalue weighted by molar-refractivity contribution is -0.126. The molecule has 2 aliphatic heterocycles. The summed E-state index contributed by atoms with van der Waals surface area (Å²) in [7, 11) is 0. The normalized spacial score (nSPS) is 22.6. The molecule has 162 valence electrons. The minimum atomic E-state index is -1.08. The summed E-state index contributed by atoms with van der Waals surface area (Å²) in [6, 6.07) is 18.0. The molecule has 0 bridgehead atoms. The van der Waals surface area contributed by atoms with Gasteiger partial charge >= 0.3 is 0 Å². The van der Waals surface area contributed by atoms with Gasteiger partial charge in [0.15, 0.2) is 6.10 Å². The topological polar surface area (TPSA) is 49.9 Å². The number of carbonyl (C=O) groups excluding carboxylic acids is 2. The van der Waals surface area contributed by atoms with E-state index in [0.29, 0.717) is 11.4 Å². The van der Waals surface area contributed by atoms with E-state index < -0.39 is 35.7 Å². The van der Waals surface area contributed by atoms with E-state index in [1.807, 2.05) is 32.0 Å². The molecule has 2 heterocycles. The molecule has 0 spiro atoms. The van der Waals surface area contributed by atoms with E-state index in [1.165, 1.54) is 17.2 Å². The first-order chi connectivity index (χ1) is 15.4. The van der Waals surface area contributed by atoms with Crippen LogP contribution in [-0.2, 0) is 14.4 Å². The maximum Gasteiger partial charge on any atom is 0.266 e. The summed E-state index contributed by atoms with van der Waals surface area (Å²) in [5, 5.41) is 1.61. The highest BCUT2D eigenvalue weighted by molar-refractivity contribution is 6.31. The number of amides is 2. The van der Waals surface area contributed by atoms with Gasteiger partial charge in [-0.25, -0.2) is 14.4 Å². The van der Waals surface area contributed by atoms with Crippen LogP contribution in [0.25, 0.3) is 0 Å². The zero-order valence-electron chi connectivity index (χ0n) is 17.5. The summed E-state index contributed by atoms with van der Waals surface area (Å²) in [6.45, 7) is 3.79. The summed E-state index contributed by atoms with van der Waals surface area (Å²) >= 11 is 6.40. The van der Waals surface area contributed by atoms with E-state index in [2.05, 4.69) is 0 Å². The van der Waals surface area contributed by atoms with E-state index in [0.717, 1.165) is 16.0 Å². The molecular formula is C25H20ClFN2O3. The Morgan fingerprint density at radius 1 is 0.938 bits per heavy atom. The number of hydrogen-bond donors (Lipinski definition) is 0. The van der Waals surface area contributed by atoms with Crippen molar-refractivity contribution < 1.29 is 18.8 Å². The molecule has 32 heavy (non-hydrogen) atoms. The quantitative estimate of drug-likeness (QED) is 0.518. The Bertz CT molecular complexity index is 1210. The summed E-state index contributed by atoms with van der Waals surface area (Å²) in [4.78, 5) is 34.2. The second-order valence-corrected chi connectivity index (χ2v) is 8.50. The Labute approximate surface area is 189 Å². The molecule has 0 aliphatic carbocycles. The van der Waals surface area contributed by atoms with Crippen LogP contribution in [0.2, 0.25) is 5.02 Å². The number of carbonyl (C=O) groups is 2. The molecule has 3 aromatic rings. The van der Waals surface area contributed by atoms with Crippen LogP contribution in [0.4, 0.5) is 15.8 Å². The summed E-state index contributed by atoms with van der Waals surface area (Å²) < 4.78 is 15.0. The van der Waals surface area contributed by atoms with Crippen LogP contribution in [0.15, 0.2) is 66.7 Å². The Morgan fingerprint density at radius 2 is 1.69 bits per heavy atom. The van der Waals surface area contributed by atoms with E-state index in [-0.39, 0.29) is 10.6 Å². The first-order valence-corrected chi connectivity index (χ1v) is 10.7. The molecule has 0 aromatic heterocycles. The van der Waals surface area contributed by atoms with Crippen molar-refractivity contribution in [2.75, 3.05) is 9.96 Å². The molecule has 0 N–H and O–H groups in total. The van der Waals surface area contributed by atoms with Gasteiger partial charge in [-0.1, -0.05) is 53.6 Å². The van der Waals surface area contributed by atoms with Crippen molar-refractivity contribution in [2.45, 2.75) is 26.0 Å². The third-order valence-corrected chi connectivity index (χ3v) is 6.34. The molecule has 3 atom stereocenters. The van der Waals surface area contributed by atoms with Crippen LogP contribution < -0.4 is 9.96 Å². The number of anilines is 2. The molecule has 7 heteroatoms. The second kappa shape index (κ2) is 7.73. The maximum absolute atomic E-state index is 15.0. The molecule has 0 radical (unpaired) electrons. The fraction of sp³-hybridized carbons (Fsp3) is 0.200. The van der Waals surface area contributed by atoms with E-state index in [9.17, 15) is 9.59 Å². The van der Waals surface area contributed by atoms with Crippen molar-refractivity contribution in [3.05, 3.63) is 94.3 Å². The molecule has 2 aliphatic rings. The lowest BCUT2D eigenvalue weighted by Gasteiger charge is -2.29. The van der Waals surface area contributed by atoms with Gasteiger partial charge < -0.3 is 0 Å². The largest absolute Gasteiger partial charge is 0.273 e. The minimum absolute atomic E-state index is 0.133. The monoisotopic (exact) mass is 450 g/mol. The highest BCUT2D eigenvalue weighted by Crippen LogP contribution is 2.49. The number of para-hydroxylation sites is 1. The lowest BCUT2D eigenvalue weighted by Crippen LogP contribution is -2.38. The Kier molecular flexibility index (Phi) is 4.99. The van der Waals surface area contributed by atoms with Crippen molar-refractivity contribution >= 4 is 34.8 Å². The van der Waals surface area contributed by atoms with E-state index >= 15 is 4.39 Å². The third kappa shape index (κ3) is 3.10. The fourth-order valence-electron chi connectivity index (χ4n) is 4.59. The van der Waals surface area contributed by atoms with Gasteiger partial charge in [-0.2, -0.15) is 0 Å². The van der Waals surface area contributed by atoms with Gasteiger partial charge in [0.2, 0.25) is 5.91 Å². The number of benzene rings is 3. The van der Waals surface area contributed by atoms with Gasteiger partial charge in [0.1, 0.15) is 17.8 Å². The first-order valence-electron chi connectivity index (χ1n) is 10.3. The molecule has 5 nitrogen and oxygen atoms in total. The summed E-state index contributed by atoms with van der Waals surface area (Å²) in [6.07, 6.45) is -1.08. The van der Waals surface area contributed by atoms with Crippen LogP contribution in [0.1, 0.15) is 22.7 Å². The van der Waals surface area contributed by atoms with Crippen LogP contribution in [0.3, 0.4) is 0 Å². The van der Waals surface area contributed by atoms with Crippen molar-refractivity contribution in [3.63, 3.8) is 0 Å². The lowest BCUT2D eigenvalue weighted by atomic mass is 9.90. The van der Waals surface area contributed by atoms with Gasteiger partial charge in [-0.3, -0.25) is 14.4 Å². The average molecular weight is 451 g/mol. The number of hydrogen-bond acceptors (Lipinski definition) is 4. The van der Waals surface area contributed by atoms with Crippen LogP contribution in [0.5, 0.6) is 0 Å². The van der Waals surface area contributed by atoms with Gasteiger partial charge in [0.05, 0.1) is 11.4 Å². The van der Waals surface area contributed by atoms with Crippen molar-refractivity contribution in [3.8, 4) is 0 Å². The minimum Gasteiger partial charge on any atom is -0.273 e. The van der Waals surface area contributed by atoms with Crippen LogP contribution in [-0.4, -0.2) is 17.9 Å². The van der Waals surface area contributed by atoms with Gasteiger partial charge in [0, 0.05) is 10.6 Å². The molecule has 0 unspecified atom stereocenters. The highest BCUT2D eigenvalue weighted by atomic mass is 35.5. The standard InChI is InChI=1S/C25H20ClFN2O3/c1-14-11-12-19(15(2)13-14)28-24(30)21-22(20-17(26)9-6-10-18(20)27)29(32-23(21)25(28)31)16-7-4-3-5-8-16/h3-13,21-23H,1-2H3/t21-,22-,23+/m0/s1. The average Bonchev–Trinajstić information content (AvgIpc) is 3.26. The zero-order chi connectivity index (χ0) is 22.6. The van der Waals surface area contributed by atoms with Gasteiger partial charge in [-0.05, 0) is 49.7 Å². The molecule has 2 saturated heterocycles. The van der Waals surface area contributed by atoms with Crippen molar-refractivity contribution in [1.82, 2.24) is 0 Å². The van der Waals surface area contributed by atoms with Gasteiger partial charge in [0.25, 0.3) is 5.91 Å². The summed E-state index contributed by atoms with van der Waals surface area (Å²) in [5.74, 6) is -2.41. The molecule has 2 amide bonds. The van der Waals surface area contributed by atoms with Crippen molar-refractivity contribution in [1.29, 1.82) is 0 Å². The fourth-order valence-corrected chi connectivity index (χ4v) is 4.87. The smallest absolute Gasteiger partial charge is 0.266 e. The maximum atomic E-state index is 15.0. The van der Waals surface area contributed by atoms with E-state index in [4.69, 9.17) is 16.4 Å². The number of nitrogens with zero attached hydrogens (tertiary/aromatic N) is 2. The Hall–Kier alpha value is -3.22. The number of halogens is 2. The second-order valence-electron chi connectivity index (χ2n) is 8.10. The summed E-state index contributed by atoms with van der Waals surface area (Å²) in [5.41, 5.74) is 3.06. The van der Waals surface area contributed by atoms with Crippen LogP contribution in [0, 0.1) is 25.6 Å². The Morgan fingerprint density at radius 3 is 2.38 bits per heavy atom. The van der Waals surface area contributed by atoms with E-state index in [1.54, 1.807) is 36.4 Å². The third-order valence-electron chi connectivity index (χ3n) is 6.01. The number of hydroxylamine groups is 1. The predicted molar refractivity (Wildman–Crippen MR) is 120 cm³/mol. The number of imide groups is 1. The number of rotatable bonds is 3. The van der Waals surface area contributed by atoms with Gasteiger partial charge in [-0.15, -0.1) is 0 Å². The molecule has 2 fully saturated rings. The van der Waals surface area contributed by atoms with Crippen LogP contribution >= 0.6 is 11.6 Å². The predicted octanol–water partition coefficient (Wildman–Crippen LogP) is 5.15.